The van der Waals surface area contributed by atoms with E-state index in [1.807, 2.05) is 0 Å². The monoisotopic (exact) mass is 157 g/mol. The second-order valence-electron chi connectivity index (χ2n) is 3.80. The Morgan fingerprint density at radius 3 is 3.00 bits per heavy atom. The molecule has 0 unspecified atom stereocenters. The fraction of sp³-hybridized carbons (Fsp3) is 1.00. The summed E-state index contributed by atoms with van der Waals surface area (Å²) in [6.07, 6.45) is 3.51. The molecule has 2 aliphatic rings. The summed E-state index contributed by atoms with van der Waals surface area (Å²) in [6, 6.07) is 0. The summed E-state index contributed by atoms with van der Waals surface area (Å²) >= 11 is 0. The predicted octanol–water partition coefficient (Wildman–Crippen LogP) is 1.97. The van der Waals surface area contributed by atoms with Crippen molar-refractivity contribution < 1.29 is 4.39 Å². The average molecular weight is 157 g/mol. The Balaban J connectivity index is 2.22. The van der Waals surface area contributed by atoms with E-state index in [-0.39, 0.29) is 5.54 Å². The highest BCUT2D eigenvalue weighted by Gasteiger charge is 2.50. The smallest absolute Gasteiger partial charge is 0.120 e. The van der Waals surface area contributed by atoms with Crippen LogP contribution in [0.5, 0.6) is 0 Å². The van der Waals surface area contributed by atoms with E-state index in [1.165, 1.54) is 6.42 Å². The first-order valence-corrected chi connectivity index (χ1v) is 4.69. The lowest BCUT2D eigenvalue weighted by molar-refractivity contribution is 0.113. The predicted molar refractivity (Wildman–Crippen MR) is 43.3 cm³/mol. The molecule has 11 heavy (non-hydrogen) atoms. The van der Waals surface area contributed by atoms with E-state index in [9.17, 15) is 4.39 Å². The van der Waals surface area contributed by atoms with E-state index in [2.05, 4.69) is 11.8 Å². The highest BCUT2D eigenvalue weighted by molar-refractivity contribution is 5.05. The molecule has 0 aromatic rings. The molecule has 1 nitrogen and oxygen atoms in total. The van der Waals surface area contributed by atoms with Crippen molar-refractivity contribution in [2.24, 2.45) is 0 Å². The summed E-state index contributed by atoms with van der Waals surface area (Å²) in [5, 5.41) is 0. The highest BCUT2D eigenvalue weighted by atomic mass is 19.1. The molecule has 0 bridgehead atoms. The molecule has 2 heterocycles. The molecule has 2 aliphatic heterocycles. The Morgan fingerprint density at radius 1 is 1.55 bits per heavy atom. The first-order valence-electron chi connectivity index (χ1n) is 4.69. The van der Waals surface area contributed by atoms with Gasteiger partial charge in [-0.1, -0.05) is 6.92 Å². The van der Waals surface area contributed by atoms with Crippen LogP contribution in [0.3, 0.4) is 0 Å². The van der Waals surface area contributed by atoms with Crippen LogP contribution in [0.2, 0.25) is 0 Å². The van der Waals surface area contributed by atoms with Crippen molar-refractivity contribution in [3.8, 4) is 0 Å². The van der Waals surface area contributed by atoms with Gasteiger partial charge in [0.05, 0.1) is 5.54 Å². The molecular weight excluding hydrogens is 141 g/mol. The van der Waals surface area contributed by atoms with Crippen LogP contribution < -0.4 is 0 Å². The summed E-state index contributed by atoms with van der Waals surface area (Å²) in [5.41, 5.74) is -0.0278. The Kier molecular flexibility index (Phi) is 1.67. The van der Waals surface area contributed by atoms with Crippen LogP contribution >= 0.6 is 0 Å². The number of hydrogen-bond acceptors (Lipinski definition) is 1. The fourth-order valence-corrected chi connectivity index (χ4v) is 2.81. The Bertz CT molecular complexity index is 160. The van der Waals surface area contributed by atoms with Gasteiger partial charge in [0.15, 0.2) is 0 Å². The van der Waals surface area contributed by atoms with E-state index >= 15 is 0 Å². The number of fused-ring (bicyclic) bond motifs is 1. The first-order chi connectivity index (χ1) is 5.29. The summed E-state index contributed by atoms with van der Waals surface area (Å²) in [6.45, 7) is 4.25. The maximum absolute atomic E-state index is 13.5. The molecule has 2 rings (SSSR count). The van der Waals surface area contributed by atoms with Gasteiger partial charge in [-0.05, 0) is 32.2 Å². The summed E-state index contributed by atoms with van der Waals surface area (Å²) in [5.74, 6) is 0. The third-order valence-corrected chi connectivity index (χ3v) is 3.52. The van der Waals surface area contributed by atoms with Crippen molar-refractivity contribution >= 4 is 0 Å². The van der Waals surface area contributed by atoms with Crippen molar-refractivity contribution in [1.82, 2.24) is 4.90 Å². The number of rotatable bonds is 1. The SMILES string of the molecule is CC[C@@]12CCCN1CC[C@@H]2F. The van der Waals surface area contributed by atoms with Crippen LogP contribution in [0, 0.1) is 0 Å². The molecule has 0 aliphatic carbocycles. The zero-order valence-electron chi connectivity index (χ0n) is 7.15. The van der Waals surface area contributed by atoms with Gasteiger partial charge in [-0.25, -0.2) is 4.39 Å². The van der Waals surface area contributed by atoms with Crippen LogP contribution in [0.1, 0.15) is 32.6 Å². The quantitative estimate of drug-likeness (QED) is 0.562. The number of hydrogen-bond donors (Lipinski definition) is 0. The van der Waals surface area contributed by atoms with Crippen LogP contribution in [0.25, 0.3) is 0 Å². The van der Waals surface area contributed by atoms with Gasteiger partial charge in [0.25, 0.3) is 0 Å². The van der Waals surface area contributed by atoms with Crippen molar-refractivity contribution in [1.29, 1.82) is 0 Å². The third kappa shape index (κ3) is 0.851. The Labute approximate surface area is 67.6 Å². The zero-order chi connectivity index (χ0) is 7.90. The fourth-order valence-electron chi connectivity index (χ4n) is 2.81. The van der Waals surface area contributed by atoms with Crippen molar-refractivity contribution in [3.05, 3.63) is 0 Å². The molecule has 0 saturated carbocycles. The van der Waals surface area contributed by atoms with E-state index in [4.69, 9.17) is 0 Å². The van der Waals surface area contributed by atoms with Gasteiger partial charge < -0.3 is 0 Å². The van der Waals surface area contributed by atoms with Crippen LogP contribution in [-0.4, -0.2) is 29.7 Å². The van der Waals surface area contributed by atoms with E-state index in [0.717, 1.165) is 32.4 Å². The minimum atomic E-state index is -0.546. The molecular formula is C9H16FN. The normalized spacial score (nSPS) is 44.7. The highest BCUT2D eigenvalue weighted by Crippen LogP contribution is 2.42. The van der Waals surface area contributed by atoms with Crippen LogP contribution in [0.15, 0.2) is 0 Å². The van der Waals surface area contributed by atoms with Gasteiger partial charge in [-0.3, -0.25) is 4.90 Å². The van der Waals surface area contributed by atoms with Gasteiger partial charge in [0.2, 0.25) is 0 Å². The largest absolute Gasteiger partial charge is 0.295 e. The molecule has 0 aromatic heterocycles. The first kappa shape index (κ1) is 7.53. The third-order valence-electron chi connectivity index (χ3n) is 3.52. The number of alkyl halides is 1. The van der Waals surface area contributed by atoms with Crippen molar-refractivity contribution in [3.63, 3.8) is 0 Å². The number of nitrogens with zero attached hydrogens (tertiary/aromatic N) is 1. The maximum atomic E-state index is 13.5. The van der Waals surface area contributed by atoms with Gasteiger partial charge in [-0.2, -0.15) is 0 Å². The minimum Gasteiger partial charge on any atom is -0.295 e. The zero-order valence-corrected chi connectivity index (χ0v) is 7.15. The summed E-state index contributed by atoms with van der Waals surface area (Å²) < 4.78 is 13.5. The molecule has 0 radical (unpaired) electrons. The summed E-state index contributed by atoms with van der Waals surface area (Å²) in [4.78, 5) is 2.36. The minimum absolute atomic E-state index is 0.0278. The van der Waals surface area contributed by atoms with E-state index < -0.39 is 6.17 Å². The molecule has 2 heteroatoms. The van der Waals surface area contributed by atoms with Crippen molar-refractivity contribution in [2.75, 3.05) is 13.1 Å². The molecule has 2 atom stereocenters. The molecule has 0 N–H and O–H groups in total. The van der Waals surface area contributed by atoms with Gasteiger partial charge in [-0.15, -0.1) is 0 Å². The molecule has 0 aromatic carbocycles. The molecule has 2 fully saturated rings. The van der Waals surface area contributed by atoms with E-state index in [1.54, 1.807) is 0 Å². The van der Waals surface area contributed by atoms with Crippen LogP contribution in [-0.2, 0) is 0 Å². The van der Waals surface area contributed by atoms with Gasteiger partial charge in [0.1, 0.15) is 6.17 Å². The Morgan fingerprint density at radius 2 is 2.36 bits per heavy atom. The molecule has 0 amide bonds. The average Bonchev–Trinajstić information content (AvgIpc) is 2.53. The second-order valence-corrected chi connectivity index (χ2v) is 3.80. The molecule has 64 valence electrons. The lowest BCUT2D eigenvalue weighted by Crippen LogP contribution is -2.43. The van der Waals surface area contributed by atoms with Gasteiger partial charge >= 0.3 is 0 Å². The Hall–Kier alpha value is -0.110. The van der Waals surface area contributed by atoms with E-state index in [0.29, 0.717) is 0 Å². The van der Waals surface area contributed by atoms with Gasteiger partial charge in [0, 0.05) is 6.54 Å². The maximum Gasteiger partial charge on any atom is 0.120 e. The standard InChI is InChI=1S/C9H16FN/c1-2-9-5-3-6-11(9)7-4-8(9)10/h8H,2-7H2,1H3/t8-,9-/m0/s1. The molecule has 2 saturated heterocycles. The molecule has 0 spiro atoms. The number of halogens is 1. The van der Waals surface area contributed by atoms with Crippen LogP contribution in [0.4, 0.5) is 4.39 Å². The summed E-state index contributed by atoms with van der Waals surface area (Å²) in [7, 11) is 0. The lowest BCUT2D eigenvalue weighted by atomic mass is 9.90. The lowest BCUT2D eigenvalue weighted by Gasteiger charge is -2.32. The van der Waals surface area contributed by atoms with Crippen molar-refractivity contribution in [2.45, 2.75) is 44.3 Å². The second kappa shape index (κ2) is 2.44. The topological polar surface area (TPSA) is 3.24 Å².